The van der Waals surface area contributed by atoms with Gasteiger partial charge >= 0.3 is 17.6 Å². The fourth-order valence-corrected chi connectivity index (χ4v) is 4.65. The average Bonchev–Trinajstić information content (AvgIpc) is 3.36. The summed E-state index contributed by atoms with van der Waals surface area (Å²) in [5.41, 5.74) is 2.88. The third-order valence-corrected chi connectivity index (χ3v) is 6.98. The van der Waals surface area contributed by atoms with Crippen molar-refractivity contribution in [3.05, 3.63) is 139 Å². The van der Waals surface area contributed by atoms with Crippen LogP contribution >= 0.6 is 0 Å². The molecule has 41 heavy (non-hydrogen) atoms. The Morgan fingerprint density at radius 1 is 0.878 bits per heavy atom. The summed E-state index contributed by atoms with van der Waals surface area (Å²) in [7, 11) is 0. The second-order valence-electron chi connectivity index (χ2n) is 10.1. The zero-order chi connectivity index (χ0) is 28.9. The number of aromatic amines is 1. The normalized spacial score (nSPS) is 18.1. The first kappa shape index (κ1) is 27.8. The van der Waals surface area contributed by atoms with Crippen molar-refractivity contribution >= 4 is 11.9 Å². The number of H-pyrrole nitrogens is 1. The maximum atomic E-state index is 13.0. The number of benzene rings is 3. The van der Waals surface area contributed by atoms with Crippen molar-refractivity contribution in [2.24, 2.45) is 0 Å². The van der Waals surface area contributed by atoms with Crippen molar-refractivity contribution in [3.63, 3.8) is 0 Å². The fraction of sp³-hybridized carbons (Fsp3) is 0.250. The Morgan fingerprint density at radius 2 is 1.49 bits per heavy atom. The van der Waals surface area contributed by atoms with E-state index in [1.165, 1.54) is 10.8 Å². The molecule has 3 atom stereocenters. The van der Waals surface area contributed by atoms with Gasteiger partial charge in [0.15, 0.2) is 0 Å². The number of aryl methyl sites for hydroxylation is 2. The highest BCUT2D eigenvalue weighted by Gasteiger charge is 2.40. The lowest BCUT2D eigenvalue weighted by atomic mass is 10.1. The minimum Gasteiger partial charge on any atom is -0.459 e. The molecular weight excluding hydrogens is 524 g/mol. The Kier molecular flexibility index (Phi) is 8.26. The summed E-state index contributed by atoms with van der Waals surface area (Å²) >= 11 is 0. The second kappa shape index (κ2) is 12.2. The van der Waals surface area contributed by atoms with Gasteiger partial charge in [0.05, 0.1) is 11.1 Å². The van der Waals surface area contributed by atoms with E-state index in [1.807, 2.05) is 44.2 Å². The molecule has 5 rings (SSSR count). The number of hydrogen-bond donors (Lipinski definition) is 1. The molecule has 9 nitrogen and oxygen atoms in total. The number of rotatable bonds is 8. The number of esters is 2. The quantitative estimate of drug-likeness (QED) is 0.326. The summed E-state index contributed by atoms with van der Waals surface area (Å²) in [5, 5.41) is 0. The van der Waals surface area contributed by atoms with Gasteiger partial charge in [0.2, 0.25) is 0 Å². The first-order chi connectivity index (χ1) is 19.8. The van der Waals surface area contributed by atoms with Gasteiger partial charge in [-0.25, -0.2) is 14.4 Å². The van der Waals surface area contributed by atoms with Crippen LogP contribution in [0.15, 0.2) is 94.6 Å². The Hall–Kier alpha value is -4.76. The van der Waals surface area contributed by atoms with Crippen molar-refractivity contribution in [2.75, 3.05) is 6.61 Å². The van der Waals surface area contributed by atoms with Gasteiger partial charge in [-0.05, 0) is 43.7 Å². The van der Waals surface area contributed by atoms with Gasteiger partial charge in [0.25, 0.3) is 5.56 Å². The Labute approximate surface area is 236 Å². The van der Waals surface area contributed by atoms with Crippen LogP contribution in [0.25, 0.3) is 0 Å². The van der Waals surface area contributed by atoms with Crippen LogP contribution in [0.5, 0.6) is 0 Å². The van der Waals surface area contributed by atoms with Crippen LogP contribution in [-0.2, 0) is 20.6 Å². The maximum Gasteiger partial charge on any atom is 0.338 e. The number of hydrogen-bond acceptors (Lipinski definition) is 7. The number of carbonyl (C=O) groups excluding carboxylic acids is 2. The van der Waals surface area contributed by atoms with Crippen LogP contribution in [0.2, 0.25) is 0 Å². The standard InChI is InChI=1S/C32H30N2O7/c1-20-8-12-23(13-9-20)30(36)39-19-27-26(41-31(37)24-14-10-21(2)11-15-24)17-28(40-27)34-18-25(29(35)33-32(34)38)16-22-6-4-3-5-7-22/h3-15,18,26-28H,16-17,19H2,1-2H3,(H,33,35,38)/t26-,27+,28+/m0/s1. The SMILES string of the molecule is Cc1ccc(C(=O)OC[C@H]2O[C@@H](n3cc(Cc4ccccc4)c(=O)[nH]c3=O)C[C@@H]2OC(=O)c2ccc(C)cc2)cc1. The summed E-state index contributed by atoms with van der Waals surface area (Å²) in [4.78, 5) is 53.4. The van der Waals surface area contributed by atoms with Crippen LogP contribution in [-0.4, -0.2) is 40.3 Å². The molecule has 1 aliphatic heterocycles. The average molecular weight is 555 g/mol. The number of aromatic nitrogens is 2. The molecule has 4 aromatic rings. The highest BCUT2D eigenvalue weighted by molar-refractivity contribution is 5.90. The van der Waals surface area contributed by atoms with E-state index in [2.05, 4.69) is 4.98 Å². The zero-order valence-electron chi connectivity index (χ0n) is 22.7. The first-order valence-corrected chi connectivity index (χ1v) is 13.3. The van der Waals surface area contributed by atoms with E-state index >= 15 is 0 Å². The molecule has 0 radical (unpaired) electrons. The van der Waals surface area contributed by atoms with E-state index in [0.29, 0.717) is 23.1 Å². The zero-order valence-corrected chi connectivity index (χ0v) is 22.7. The molecule has 1 N–H and O–H groups in total. The molecule has 210 valence electrons. The lowest BCUT2D eigenvalue weighted by Gasteiger charge is -2.19. The van der Waals surface area contributed by atoms with Gasteiger partial charge in [-0.15, -0.1) is 0 Å². The number of ether oxygens (including phenoxy) is 3. The van der Waals surface area contributed by atoms with Crippen molar-refractivity contribution < 1.29 is 23.8 Å². The Bertz CT molecular complexity index is 1640. The molecule has 1 saturated heterocycles. The third-order valence-electron chi connectivity index (χ3n) is 6.98. The molecule has 0 saturated carbocycles. The minimum atomic E-state index is -0.868. The number of carbonyl (C=O) groups is 2. The van der Waals surface area contributed by atoms with Gasteiger partial charge in [0.1, 0.15) is 25.0 Å². The van der Waals surface area contributed by atoms with Crippen molar-refractivity contribution in [1.82, 2.24) is 9.55 Å². The first-order valence-electron chi connectivity index (χ1n) is 13.3. The molecule has 0 aliphatic carbocycles. The second-order valence-corrected chi connectivity index (χ2v) is 10.1. The molecule has 1 aliphatic rings. The van der Waals surface area contributed by atoms with Gasteiger partial charge < -0.3 is 14.2 Å². The number of nitrogens with one attached hydrogen (secondary N) is 1. The van der Waals surface area contributed by atoms with Gasteiger partial charge in [-0.1, -0.05) is 65.7 Å². The van der Waals surface area contributed by atoms with Crippen LogP contribution in [0.3, 0.4) is 0 Å². The summed E-state index contributed by atoms with van der Waals surface area (Å²) in [6.45, 7) is 3.62. The molecule has 3 aromatic carbocycles. The summed E-state index contributed by atoms with van der Waals surface area (Å²) in [5.74, 6) is -1.11. The van der Waals surface area contributed by atoms with Gasteiger partial charge in [-0.3, -0.25) is 14.3 Å². The molecule has 1 aromatic heterocycles. The van der Waals surface area contributed by atoms with Gasteiger partial charge in [-0.2, -0.15) is 0 Å². The lowest BCUT2D eigenvalue weighted by molar-refractivity contribution is -0.0582. The molecule has 0 amide bonds. The topological polar surface area (TPSA) is 117 Å². The largest absolute Gasteiger partial charge is 0.459 e. The monoisotopic (exact) mass is 554 g/mol. The Morgan fingerprint density at radius 3 is 2.12 bits per heavy atom. The van der Waals surface area contributed by atoms with E-state index in [0.717, 1.165) is 16.7 Å². The van der Waals surface area contributed by atoms with E-state index in [4.69, 9.17) is 14.2 Å². The summed E-state index contributed by atoms with van der Waals surface area (Å²) in [6.07, 6.45) is -0.643. The lowest BCUT2D eigenvalue weighted by Crippen LogP contribution is -2.34. The van der Waals surface area contributed by atoms with E-state index in [-0.39, 0.29) is 13.0 Å². The van der Waals surface area contributed by atoms with Crippen LogP contribution in [0, 0.1) is 13.8 Å². The van der Waals surface area contributed by atoms with E-state index in [1.54, 1.807) is 48.5 Å². The molecule has 0 unspecified atom stereocenters. The van der Waals surface area contributed by atoms with E-state index in [9.17, 15) is 19.2 Å². The van der Waals surface area contributed by atoms with Crippen LogP contribution in [0.1, 0.15) is 55.6 Å². The van der Waals surface area contributed by atoms with Crippen LogP contribution in [0.4, 0.5) is 0 Å². The highest BCUT2D eigenvalue weighted by Crippen LogP contribution is 2.31. The number of nitrogens with zero attached hydrogens (tertiary/aromatic N) is 1. The molecule has 9 heteroatoms. The van der Waals surface area contributed by atoms with Crippen molar-refractivity contribution in [2.45, 2.75) is 45.1 Å². The molecule has 0 bridgehead atoms. The fourth-order valence-electron chi connectivity index (χ4n) is 4.65. The van der Waals surface area contributed by atoms with Crippen molar-refractivity contribution in [1.29, 1.82) is 0 Å². The smallest absolute Gasteiger partial charge is 0.338 e. The molecule has 1 fully saturated rings. The third kappa shape index (κ3) is 6.70. The molecular formula is C32H30N2O7. The van der Waals surface area contributed by atoms with E-state index < -0.39 is 41.6 Å². The predicted octanol–water partition coefficient (Wildman–Crippen LogP) is 4.11. The summed E-state index contributed by atoms with van der Waals surface area (Å²) < 4.78 is 18.7. The summed E-state index contributed by atoms with van der Waals surface area (Å²) in [6, 6.07) is 23.3. The predicted molar refractivity (Wildman–Crippen MR) is 151 cm³/mol. The van der Waals surface area contributed by atoms with Crippen molar-refractivity contribution in [3.8, 4) is 0 Å². The van der Waals surface area contributed by atoms with Crippen LogP contribution < -0.4 is 11.2 Å². The van der Waals surface area contributed by atoms with Gasteiger partial charge in [0, 0.05) is 24.6 Å². The Balaban J connectivity index is 1.38. The molecule has 0 spiro atoms. The maximum absolute atomic E-state index is 13.0. The highest BCUT2D eigenvalue weighted by atomic mass is 16.6. The minimum absolute atomic E-state index is 0.112. The molecule has 2 heterocycles.